The predicted molar refractivity (Wildman–Crippen MR) is 36.1 cm³/mol. The molecule has 70 valence electrons. The second-order valence-electron chi connectivity index (χ2n) is 2.00. The van der Waals surface area contributed by atoms with E-state index in [1.165, 1.54) is 0 Å². The lowest BCUT2D eigenvalue weighted by Crippen LogP contribution is -2.08. The van der Waals surface area contributed by atoms with E-state index in [9.17, 15) is 18.0 Å². The fraction of sp³-hybridized carbons (Fsp3) is 0. The zero-order chi connectivity index (χ0) is 10.2. The summed E-state index contributed by atoms with van der Waals surface area (Å²) in [6.07, 6.45) is 0. The molecular formula is C6HClF3NO2. The van der Waals surface area contributed by atoms with Crippen molar-refractivity contribution in [2.45, 2.75) is 0 Å². The minimum Gasteiger partial charge on any atom is -0.477 e. The molecule has 1 aromatic rings. The lowest BCUT2D eigenvalue weighted by atomic mass is 10.2. The van der Waals surface area contributed by atoms with Crippen molar-refractivity contribution in [1.29, 1.82) is 0 Å². The topological polar surface area (TPSA) is 50.2 Å². The van der Waals surface area contributed by atoms with Crippen molar-refractivity contribution >= 4 is 17.6 Å². The Bertz CT molecular complexity index is 383. The van der Waals surface area contributed by atoms with E-state index in [0.29, 0.717) is 0 Å². The van der Waals surface area contributed by atoms with Crippen molar-refractivity contribution in [3.05, 3.63) is 28.3 Å². The van der Waals surface area contributed by atoms with E-state index in [-0.39, 0.29) is 0 Å². The first-order valence-electron chi connectivity index (χ1n) is 2.88. The molecule has 0 spiro atoms. The van der Waals surface area contributed by atoms with Gasteiger partial charge in [0.25, 0.3) is 5.95 Å². The van der Waals surface area contributed by atoms with Gasteiger partial charge < -0.3 is 5.11 Å². The third kappa shape index (κ3) is 1.57. The van der Waals surface area contributed by atoms with Crippen LogP contribution in [-0.2, 0) is 0 Å². The van der Waals surface area contributed by atoms with Crippen LogP contribution in [0, 0.1) is 17.6 Å². The van der Waals surface area contributed by atoms with Gasteiger partial charge in [-0.25, -0.2) is 14.2 Å². The summed E-state index contributed by atoms with van der Waals surface area (Å²) < 4.78 is 37.3. The second kappa shape index (κ2) is 3.21. The first-order valence-corrected chi connectivity index (χ1v) is 3.26. The third-order valence-electron chi connectivity index (χ3n) is 1.21. The number of rotatable bonds is 1. The lowest BCUT2D eigenvalue weighted by molar-refractivity contribution is 0.0690. The molecular weight excluding hydrogens is 211 g/mol. The number of carboxylic acids is 1. The highest BCUT2D eigenvalue weighted by atomic mass is 35.5. The molecule has 0 fully saturated rings. The van der Waals surface area contributed by atoms with Crippen molar-refractivity contribution in [2.75, 3.05) is 0 Å². The van der Waals surface area contributed by atoms with Gasteiger partial charge in [-0.15, -0.1) is 0 Å². The molecule has 1 rings (SSSR count). The maximum Gasteiger partial charge on any atom is 0.341 e. The van der Waals surface area contributed by atoms with E-state index < -0.39 is 34.3 Å². The smallest absolute Gasteiger partial charge is 0.341 e. The molecule has 0 saturated carbocycles. The highest BCUT2D eigenvalue weighted by Crippen LogP contribution is 2.20. The number of halogens is 4. The Morgan fingerprint density at radius 1 is 1.31 bits per heavy atom. The summed E-state index contributed by atoms with van der Waals surface area (Å²) in [5.41, 5.74) is -1.18. The molecule has 0 radical (unpaired) electrons. The summed E-state index contributed by atoms with van der Waals surface area (Å²) in [7, 11) is 0. The van der Waals surface area contributed by atoms with Gasteiger partial charge in [0.2, 0.25) is 5.82 Å². The van der Waals surface area contributed by atoms with Crippen molar-refractivity contribution in [3.8, 4) is 0 Å². The number of carbonyl (C=O) groups is 1. The van der Waals surface area contributed by atoms with Gasteiger partial charge in [-0.05, 0) is 0 Å². The number of aromatic carboxylic acids is 1. The molecule has 0 amide bonds. The van der Waals surface area contributed by atoms with Crippen molar-refractivity contribution in [2.24, 2.45) is 0 Å². The number of hydrogen-bond donors (Lipinski definition) is 1. The Balaban J connectivity index is 3.53. The van der Waals surface area contributed by atoms with Crippen LogP contribution in [0.2, 0.25) is 5.15 Å². The Labute approximate surface area is 74.8 Å². The van der Waals surface area contributed by atoms with Crippen LogP contribution < -0.4 is 0 Å². The first kappa shape index (κ1) is 9.79. The Hall–Kier alpha value is -1.30. The minimum absolute atomic E-state index is 0.927. The maximum atomic E-state index is 12.7. The van der Waals surface area contributed by atoms with Crippen molar-refractivity contribution in [3.63, 3.8) is 0 Å². The van der Waals surface area contributed by atoms with E-state index in [1.54, 1.807) is 0 Å². The van der Waals surface area contributed by atoms with Gasteiger partial charge in [0.05, 0.1) is 0 Å². The fourth-order valence-corrected chi connectivity index (χ4v) is 0.902. The molecule has 0 atom stereocenters. The first-order chi connectivity index (χ1) is 5.95. The van der Waals surface area contributed by atoms with Crippen LogP contribution in [0.3, 0.4) is 0 Å². The summed E-state index contributed by atoms with van der Waals surface area (Å²) in [5.74, 6) is -7.40. The van der Waals surface area contributed by atoms with Crippen LogP contribution in [-0.4, -0.2) is 16.1 Å². The third-order valence-corrected chi connectivity index (χ3v) is 1.48. The molecule has 0 bridgehead atoms. The van der Waals surface area contributed by atoms with Crippen LogP contribution in [0.4, 0.5) is 13.2 Å². The van der Waals surface area contributed by atoms with E-state index in [1.807, 2.05) is 0 Å². The van der Waals surface area contributed by atoms with Crippen molar-refractivity contribution in [1.82, 2.24) is 4.98 Å². The highest BCUT2D eigenvalue weighted by molar-refractivity contribution is 6.32. The van der Waals surface area contributed by atoms with Gasteiger partial charge in [0.15, 0.2) is 5.82 Å². The van der Waals surface area contributed by atoms with Gasteiger partial charge in [-0.1, -0.05) is 11.6 Å². The van der Waals surface area contributed by atoms with Gasteiger partial charge in [-0.2, -0.15) is 8.78 Å². The number of nitrogens with zero attached hydrogens (tertiary/aromatic N) is 1. The minimum atomic E-state index is -1.96. The molecule has 7 heteroatoms. The fourth-order valence-electron chi connectivity index (χ4n) is 0.664. The van der Waals surface area contributed by atoms with E-state index >= 15 is 0 Å². The predicted octanol–water partition coefficient (Wildman–Crippen LogP) is 1.85. The largest absolute Gasteiger partial charge is 0.477 e. The van der Waals surface area contributed by atoms with Crippen LogP contribution >= 0.6 is 11.6 Å². The monoisotopic (exact) mass is 211 g/mol. The number of hydrogen-bond acceptors (Lipinski definition) is 2. The molecule has 1 N–H and O–H groups in total. The summed E-state index contributed by atoms with van der Waals surface area (Å²) in [5, 5.41) is 7.38. The molecule has 13 heavy (non-hydrogen) atoms. The normalized spacial score (nSPS) is 10.2. The standard InChI is InChI=1S/C6HClF3NO2/c7-4-1(6(12)13)2(8)3(9)5(10)11-4/h(H,12,13). The van der Waals surface area contributed by atoms with Gasteiger partial charge >= 0.3 is 5.97 Å². The molecule has 0 aliphatic carbocycles. The number of aromatic nitrogens is 1. The molecule has 0 saturated heterocycles. The molecule has 0 aliphatic heterocycles. The average molecular weight is 212 g/mol. The summed E-state index contributed by atoms with van der Waals surface area (Å²) >= 11 is 5.06. The number of carboxylic acid groups (broad SMARTS) is 1. The number of pyridine rings is 1. The molecule has 0 aliphatic rings. The highest BCUT2D eigenvalue weighted by Gasteiger charge is 2.23. The van der Waals surface area contributed by atoms with E-state index in [4.69, 9.17) is 16.7 Å². The average Bonchev–Trinajstić information content (AvgIpc) is 1.99. The SMILES string of the molecule is O=C(O)c1c(Cl)nc(F)c(F)c1F. The quantitative estimate of drug-likeness (QED) is 0.722. The molecule has 0 unspecified atom stereocenters. The van der Waals surface area contributed by atoms with Crippen LogP contribution in [0.1, 0.15) is 10.4 Å². The van der Waals surface area contributed by atoms with Crippen molar-refractivity contribution < 1.29 is 23.1 Å². The zero-order valence-corrected chi connectivity index (χ0v) is 6.57. The Kier molecular flexibility index (Phi) is 2.42. The van der Waals surface area contributed by atoms with Gasteiger partial charge in [0, 0.05) is 0 Å². The lowest BCUT2D eigenvalue weighted by Gasteiger charge is -2.00. The Morgan fingerprint density at radius 3 is 2.31 bits per heavy atom. The Morgan fingerprint density at radius 2 is 1.85 bits per heavy atom. The second-order valence-corrected chi connectivity index (χ2v) is 2.36. The molecule has 0 aromatic carbocycles. The summed E-state index contributed by atoms with van der Waals surface area (Å²) in [6.45, 7) is 0. The van der Waals surface area contributed by atoms with Crippen LogP contribution in [0.5, 0.6) is 0 Å². The summed E-state index contributed by atoms with van der Waals surface area (Å²) in [6, 6.07) is 0. The van der Waals surface area contributed by atoms with Crippen LogP contribution in [0.25, 0.3) is 0 Å². The van der Waals surface area contributed by atoms with Gasteiger partial charge in [-0.3, -0.25) is 0 Å². The molecule has 3 nitrogen and oxygen atoms in total. The maximum absolute atomic E-state index is 12.7. The van der Waals surface area contributed by atoms with Gasteiger partial charge in [0.1, 0.15) is 10.7 Å². The zero-order valence-electron chi connectivity index (χ0n) is 5.81. The van der Waals surface area contributed by atoms with E-state index in [0.717, 1.165) is 0 Å². The molecule has 1 heterocycles. The molecule has 1 aromatic heterocycles. The van der Waals surface area contributed by atoms with E-state index in [2.05, 4.69) is 4.98 Å². The van der Waals surface area contributed by atoms with Crippen LogP contribution in [0.15, 0.2) is 0 Å². The summed E-state index contributed by atoms with van der Waals surface area (Å²) in [4.78, 5) is 12.9.